The maximum Gasteiger partial charge on any atom is 0.119 e. The first kappa shape index (κ1) is 24.2. The van der Waals surface area contributed by atoms with Gasteiger partial charge in [0.15, 0.2) is 0 Å². The summed E-state index contributed by atoms with van der Waals surface area (Å²) in [6.07, 6.45) is 0. The van der Waals surface area contributed by atoms with E-state index in [2.05, 4.69) is 65.8 Å². The van der Waals surface area contributed by atoms with Gasteiger partial charge in [-0.05, 0) is 46.2 Å². The first-order chi connectivity index (χ1) is 14.2. The average molecular weight is 415 g/mol. The van der Waals surface area contributed by atoms with Gasteiger partial charge in [0, 0.05) is 0 Å². The van der Waals surface area contributed by atoms with Gasteiger partial charge in [-0.25, -0.2) is 0 Å². The Morgan fingerprint density at radius 2 is 0.767 bits per heavy atom. The molecular formula is C26H38O4. The van der Waals surface area contributed by atoms with E-state index < -0.39 is 0 Å². The molecule has 0 saturated carbocycles. The van der Waals surface area contributed by atoms with E-state index in [1.165, 1.54) is 11.1 Å². The smallest absolute Gasteiger partial charge is 0.119 e. The molecule has 0 fully saturated rings. The summed E-state index contributed by atoms with van der Waals surface area (Å²) >= 11 is 0. The van der Waals surface area contributed by atoms with E-state index in [-0.39, 0.29) is 10.8 Å². The molecule has 0 aliphatic carbocycles. The van der Waals surface area contributed by atoms with Crippen LogP contribution in [0.4, 0.5) is 0 Å². The summed E-state index contributed by atoms with van der Waals surface area (Å²) in [5.74, 6) is 1.74. The van der Waals surface area contributed by atoms with Crippen molar-refractivity contribution >= 4 is 0 Å². The third kappa shape index (κ3) is 8.76. The first-order valence-electron chi connectivity index (χ1n) is 10.8. The van der Waals surface area contributed by atoms with E-state index >= 15 is 0 Å². The van der Waals surface area contributed by atoms with Crippen LogP contribution in [0.2, 0.25) is 0 Å². The molecule has 30 heavy (non-hydrogen) atoms. The third-order valence-electron chi connectivity index (χ3n) is 4.81. The summed E-state index contributed by atoms with van der Waals surface area (Å²) < 4.78 is 22.5. The summed E-state index contributed by atoms with van der Waals surface area (Å²) in [4.78, 5) is 0. The van der Waals surface area contributed by atoms with Crippen LogP contribution in [0.15, 0.2) is 48.5 Å². The summed E-state index contributed by atoms with van der Waals surface area (Å²) in [6, 6.07) is 16.5. The second-order valence-corrected chi connectivity index (χ2v) is 9.47. The molecule has 0 amide bonds. The molecular weight excluding hydrogens is 376 g/mol. The molecule has 0 radical (unpaired) electrons. The van der Waals surface area contributed by atoms with Gasteiger partial charge in [0.25, 0.3) is 0 Å². The summed E-state index contributed by atoms with van der Waals surface area (Å²) in [6.45, 7) is 16.5. The van der Waals surface area contributed by atoms with Crippen LogP contribution >= 0.6 is 0 Å². The SMILES string of the molecule is CC(C)(C)c1ccc(OCCOCCOCCOc2ccc(C(C)(C)C)cc2)cc1. The summed E-state index contributed by atoms with van der Waals surface area (Å²) in [7, 11) is 0. The van der Waals surface area contributed by atoms with Crippen LogP contribution in [0.25, 0.3) is 0 Å². The van der Waals surface area contributed by atoms with Crippen molar-refractivity contribution in [2.45, 2.75) is 52.4 Å². The monoisotopic (exact) mass is 414 g/mol. The van der Waals surface area contributed by atoms with E-state index in [4.69, 9.17) is 18.9 Å². The molecule has 166 valence electrons. The minimum Gasteiger partial charge on any atom is -0.491 e. The molecule has 0 spiro atoms. The quantitative estimate of drug-likeness (QED) is 0.437. The van der Waals surface area contributed by atoms with Crippen LogP contribution in [0, 0.1) is 0 Å². The maximum absolute atomic E-state index is 5.71. The van der Waals surface area contributed by atoms with Gasteiger partial charge in [0.1, 0.15) is 24.7 Å². The third-order valence-corrected chi connectivity index (χ3v) is 4.81. The molecule has 0 N–H and O–H groups in total. The predicted molar refractivity (Wildman–Crippen MR) is 123 cm³/mol. The highest BCUT2D eigenvalue weighted by Crippen LogP contribution is 2.25. The Labute approximate surface area is 182 Å². The van der Waals surface area contributed by atoms with E-state index in [9.17, 15) is 0 Å². The standard InChI is InChI=1S/C26H38O4/c1-25(2,3)21-7-11-23(12-8-21)29-19-17-27-15-16-28-18-20-30-24-13-9-22(10-14-24)26(4,5)6/h7-14H,15-20H2,1-6H3. The zero-order valence-electron chi connectivity index (χ0n) is 19.5. The molecule has 0 saturated heterocycles. The van der Waals surface area contributed by atoms with Crippen molar-refractivity contribution in [3.8, 4) is 11.5 Å². The van der Waals surface area contributed by atoms with Crippen LogP contribution in [0.1, 0.15) is 52.7 Å². The van der Waals surface area contributed by atoms with Gasteiger partial charge in [-0.1, -0.05) is 65.8 Å². The molecule has 0 aliphatic heterocycles. The van der Waals surface area contributed by atoms with Gasteiger partial charge >= 0.3 is 0 Å². The van der Waals surface area contributed by atoms with Crippen molar-refractivity contribution in [1.82, 2.24) is 0 Å². The molecule has 2 aromatic carbocycles. The minimum atomic E-state index is 0.156. The number of hydrogen-bond acceptors (Lipinski definition) is 4. The second-order valence-electron chi connectivity index (χ2n) is 9.47. The lowest BCUT2D eigenvalue weighted by molar-refractivity contribution is 0.0273. The molecule has 2 rings (SSSR count). The summed E-state index contributed by atoms with van der Waals surface area (Å²) in [5, 5.41) is 0. The van der Waals surface area contributed by atoms with Crippen molar-refractivity contribution in [3.05, 3.63) is 59.7 Å². The van der Waals surface area contributed by atoms with Crippen molar-refractivity contribution in [3.63, 3.8) is 0 Å². The van der Waals surface area contributed by atoms with Gasteiger partial charge in [0.2, 0.25) is 0 Å². The molecule has 0 atom stereocenters. The first-order valence-corrected chi connectivity index (χ1v) is 10.8. The fourth-order valence-electron chi connectivity index (χ4n) is 2.86. The topological polar surface area (TPSA) is 36.9 Å². The van der Waals surface area contributed by atoms with Crippen molar-refractivity contribution in [2.24, 2.45) is 0 Å². The molecule has 0 aliphatic rings. The number of ether oxygens (including phenoxy) is 4. The number of rotatable bonds is 11. The van der Waals surface area contributed by atoms with Crippen LogP contribution in [0.5, 0.6) is 11.5 Å². The molecule has 0 aromatic heterocycles. The summed E-state index contributed by atoms with van der Waals surface area (Å²) in [5.41, 5.74) is 2.91. The Kier molecular flexibility index (Phi) is 9.19. The lowest BCUT2D eigenvalue weighted by Gasteiger charge is -2.19. The van der Waals surface area contributed by atoms with Crippen LogP contribution in [-0.4, -0.2) is 39.6 Å². The fourth-order valence-corrected chi connectivity index (χ4v) is 2.86. The second kappa shape index (κ2) is 11.4. The highest BCUT2D eigenvalue weighted by Gasteiger charge is 2.13. The van der Waals surface area contributed by atoms with Crippen LogP contribution in [0.3, 0.4) is 0 Å². The Bertz CT molecular complexity index is 656. The average Bonchev–Trinajstić information content (AvgIpc) is 2.69. The number of benzene rings is 2. The largest absolute Gasteiger partial charge is 0.491 e. The predicted octanol–water partition coefficient (Wildman–Crippen LogP) is 5.77. The lowest BCUT2D eigenvalue weighted by Crippen LogP contribution is -2.14. The Balaban J connectivity index is 1.47. The Morgan fingerprint density at radius 1 is 0.467 bits per heavy atom. The zero-order chi connectivity index (χ0) is 22.0. The van der Waals surface area contributed by atoms with E-state index in [1.54, 1.807) is 0 Å². The molecule has 0 heterocycles. The van der Waals surface area contributed by atoms with Crippen molar-refractivity contribution in [2.75, 3.05) is 39.6 Å². The van der Waals surface area contributed by atoms with Gasteiger partial charge in [-0.3, -0.25) is 0 Å². The van der Waals surface area contributed by atoms with E-state index in [0.717, 1.165) is 11.5 Å². The number of hydrogen-bond donors (Lipinski definition) is 0. The van der Waals surface area contributed by atoms with Crippen LogP contribution < -0.4 is 9.47 Å². The minimum absolute atomic E-state index is 0.156. The molecule has 2 aromatic rings. The lowest BCUT2D eigenvalue weighted by atomic mass is 9.87. The van der Waals surface area contributed by atoms with Crippen molar-refractivity contribution in [1.29, 1.82) is 0 Å². The zero-order valence-corrected chi connectivity index (χ0v) is 19.5. The Morgan fingerprint density at radius 3 is 1.07 bits per heavy atom. The molecule has 0 bridgehead atoms. The van der Waals surface area contributed by atoms with Crippen molar-refractivity contribution < 1.29 is 18.9 Å². The van der Waals surface area contributed by atoms with Gasteiger partial charge in [0.05, 0.1) is 26.4 Å². The van der Waals surface area contributed by atoms with Gasteiger partial charge in [-0.15, -0.1) is 0 Å². The fraction of sp³-hybridized carbons (Fsp3) is 0.538. The highest BCUT2D eigenvalue weighted by molar-refractivity contribution is 5.31. The van der Waals surface area contributed by atoms with Crippen LogP contribution in [-0.2, 0) is 20.3 Å². The molecule has 4 heteroatoms. The highest BCUT2D eigenvalue weighted by atomic mass is 16.6. The normalized spacial score (nSPS) is 12.1. The van der Waals surface area contributed by atoms with Gasteiger partial charge in [-0.2, -0.15) is 0 Å². The van der Waals surface area contributed by atoms with E-state index in [0.29, 0.717) is 39.6 Å². The maximum atomic E-state index is 5.71. The van der Waals surface area contributed by atoms with E-state index in [1.807, 2.05) is 24.3 Å². The molecule has 4 nitrogen and oxygen atoms in total. The Hall–Kier alpha value is -2.04. The molecule has 0 unspecified atom stereocenters. The van der Waals surface area contributed by atoms with Gasteiger partial charge < -0.3 is 18.9 Å².